The number of rotatable bonds is 6. The lowest BCUT2D eigenvalue weighted by Gasteiger charge is -2.19. The molecule has 0 bridgehead atoms. The Bertz CT molecular complexity index is 1180. The van der Waals surface area contributed by atoms with Crippen LogP contribution in [0.2, 0.25) is 5.02 Å². The van der Waals surface area contributed by atoms with Crippen molar-refractivity contribution in [3.63, 3.8) is 0 Å². The lowest BCUT2D eigenvalue weighted by Crippen LogP contribution is -2.42. The highest BCUT2D eigenvalue weighted by atomic mass is 35.5. The van der Waals surface area contributed by atoms with Gasteiger partial charge >= 0.3 is 5.69 Å². The van der Waals surface area contributed by atoms with Gasteiger partial charge in [0.05, 0.1) is 35.8 Å². The van der Waals surface area contributed by atoms with E-state index in [2.05, 4.69) is 10.3 Å². The van der Waals surface area contributed by atoms with Crippen LogP contribution in [0, 0.1) is 0 Å². The van der Waals surface area contributed by atoms with E-state index in [0.717, 1.165) is 4.57 Å². The second kappa shape index (κ2) is 8.40. The van der Waals surface area contributed by atoms with Crippen molar-refractivity contribution in [2.24, 2.45) is 0 Å². The van der Waals surface area contributed by atoms with Gasteiger partial charge in [-0.2, -0.15) is 0 Å². The van der Waals surface area contributed by atoms with E-state index in [9.17, 15) is 14.4 Å². The molecule has 1 atom stereocenters. The van der Waals surface area contributed by atoms with Crippen LogP contribution in [0.3, 0.4) is 0 Å². The zero-order chi connectivity index (χ0) is 21.1. The van der Waals surface area contributed by atoms with Gasteiger partial charge in [0, 0.05) is 6.07 Å². The van der Waals surface area contributed by atoms with Crippen LogP contribution in [0.5, 0.6) is 11.5 Å². The molecular weight excluding hydrogens is 398 g/mol. The van der Waals surface area contributed by atoms with E-state index in [1.165, 1.54) is 26.4 Å². The molecule has 0 spiro atoms. The summed E-state index contributed by atoms with van der Waals surface area (Å²) < 4.78 is 11.3. The summed E-state index contributed by atoms with van der Waals surface area (Å²) in [5.74, 6) is 0.167. The quantitative estimate of drug-likeness (QED) is 0.642. The molecule has 152 valence electrons. The summed E-state index contributed by atoms with van der Waals surface area (Å²) in [6, 6.07) is 8.63. The SMILES string of the molecule is CCC(C(=O)Nc1cc(Cl)c(OC)cc1OC)n1c(=O)[nH]c2ccccc2c1=O. The number of carbonyl (C=O) groups excluding carboxylic acids is 1. The highest BCUT2D eigenvalue weighted by Crippen LogP contribution is 2.36. The molecule has 29 heavy (non-hydrogen) atoms. The number of nitrogens with one attached hydrogen (secondary N) is 2. The summed E-state index contributed by atoms with van der Waals surface area (Å²) in [4.78, 5) is 41.0. The molecule has 0 saturated carbocycles. The molecule has 0 aliphatic carbocycles. The minimum absolute atomic E-state index is 0.222. The number of halogens is 1. The van der Waals surface area contributed by atoms with Gasteiger partial charge in [-0.3, -0.25) is 9.59 Å². The van der Waals surface area contributed by atoms with Crippen molar-refractivity contribution in [2.75, 3.05) is 19.5 Å². The molecule has 2 aromatic carbocycles. The number of fused-ring (bicyclic) bond motifs is 1. The zero-order valence-electron chi connectivity index (χ0n) is 16.1. The molecule has 0 aliphatic heterocycles. The molecule has 1 heterocycles. The molecule has 3 aromatic rings. The van der Waals surface area contributed by atoms with Gasteiger partial charge in [-0.05, 0) is 24.6 Å². The lowest BCUT2D eigenvalue weighted by molar-refractivity contribution is -0.119. The number of aromatic amines is 1. The summed E-state index contributed by atoms with van der Waals surface area (Å²) >= 11 is 6.15. The molecule has 3 rings (SSSR count). The van der Waals surface area contributed by atoms with Gasteiger partial charge in [0.2, 0.25) is 5.91 Å². The first-order valence-corrected chi connectivity index (χ1v) is 9.25. The first kappa shape index (κ1) is 20.5. The van der Waals surface area contributed by atoms with Crippen LogP contribution in [-0.4, -0.2) is 29.7 Å². The lowest BCUT2D eigenvalue weighted by atomic mass is 10.1. The van der Waals surface area contributed by atoms with Crippen LogP contribution in [0.25, 0.3) is 10.9 Å². The summed E-state index contributed by atoms with van der Waals surface area (Å²) in [6.45, 7) is 1.71. The van der Waals surface area contributed by atoms with E-state index in [0.29, 0.717) is 28.1 Å². The molecule has 1 aromatic heterocycles. The number of hydrogen-bond acceptors (Lipinski definition) is 5. The fraction of sp³-hybridized carbons (Fsp3) is 0.250. The van der Waals surface area contributed by atoms with Crippen LogP contribution in [0.15, 0.2) is 46.0 Å². The monoisotopic (exact) mass is 417 g/mol. The molecule has 0 saturated heterocycles. The van der Waals surface area contributed by atoms with Crippen molar-refractivity contribution < 1.29 is 14.3 Å². The van der Waals surface area contributed by atoms with Crippen molar-refractivity contribution in [2.45, 2.75) is 19.4 Å². The number of hydrogen-bond donors (Lipinski definition) is 2. The molecule has 0 radical (unpaired) electrons. The van der Waals surface area contributed by atoms with E-state index >= 15 is 0 Å². The van der Waals surface area contributed by atoms with Crippen LogP contribution in [-0.2, 0) is 4.79 Å². The van der Waals surface area contributed by atoms with Gasteiger partial charge in [-0.1, -0.05) is 30.7 Å². The smallest absolute Gasteiger partial charge is 0.329 e. The first-order chi connectivity index (χ1) is 13.9. The number of H-pyrrole nitrogens is 1. The number of amides is 1. The van der Waals surface area contributed by atoms with Gasteiger partial charge < -0.3 is 19.8 Å². The summed E-state index contributed by atoms with van der Waals surface area (Å²) in [7, 11) is 2.90. The maximum absolute atomic E-state index is 13.0. The fourth-order valence-electron chi connectivity index (χ4n) is 3.12. The standard InChI is InChI=1S/C20H20ClN3O5/c1-4-15(24-19(26)11-7-5-6-8-13(11)23-20(24)27)18(25)22-14-9-12(21)16(28-2)10-17(14)29-3/h5-10,15H,4H2,1-3H3,(H,22,25)(H,23,27). The fourth-order valence-corrected chi connectivity index (χ4v) is 3.36. The minimum atomic E-state index is -1.03. The highest BCUT2D eigenvalue weighted by molar-refractivity contribution is 6.32. The van der Waals surface area contributed by atoms with Crippen molar-refractivity contribution in [1.29, 1.82) is 0 Å². The Morgan fingerprint density at radius 2 is 1.86 bits per heavy atom. The van der Waals surface area contributed by atoms with Crippen LogP contribution in [0.4, 0.5) is 5.69 Å². The molecule has 1 unspecified atom stereocenters. The topological polar surface area (TPSA) is 102 Å². The van der Waals surface area contributed by atoms with E-state index in [4.69, 9.17) is 21.1 Å². The van der Waals surface area contributed by atoms with Gasteiger partial charge in [0.25, 0.3) is 5.56 Å². The molecule has 8 nitrogen and oxygen atoms in total. The molecule has 0 aliphatic rings. The average Bonchev–Trinajstić information content (AvgIpc) is 2.71. The highest BCUT2D eigenvalue weighted by Gasteiger charge is 2.24. The summed E-state index contributed by atoms with van der Waals surface area (Å²) in [5.41, 5.74) is -0.480. The third-order valence-electron chi connectivity index (χ3n) is 4.57. The van der Waals surface area contributed by atoms with Crippen molar-refractivity contribution in [1.82, 2.24) is 9.55 Å². The largest absolute Gasteiger partial charge is 0.495 e. The molecule has 9 heteroatoms. The van der Waals surface area contributed by atoms with Crippen molar-refractivity contribution in [3.8, 4) is 11.5 Å². The number of ether oxygens (including phenoxy) is 2. The number of para-hydroxylation sites is 1. The Hall–Kier alpha value is -3.26. The Balaban J connectivity index is 2.03. The van der Waals surface area contributed by atoms with Crippen molar-refractivity contribution in [3.05, 3.63) is 62.3 Å². The van der Waals surface area contributed by atoms with E-state index in [-0.39, 0.29) is 11.4 Å². The number of carbonyl (C=O) groups is 1. The minimum Gasteiger partial charge on any atom is -0.495 e. The summed E-state index contributed by atoms with van der Waals surface area (Å²) in [6.07, 6.45) is 0.222. The number of methoxy groups -OCH3 is 2. The van der Waals surface area contributed by atoms with Gasteiger partial charge in [-0.25, -0.2) is 9.36 Å². The normalized spacial score (nSPS) is 11.9. The average molecular weight is 418 g/mol. The maximum atomic E-state index is 13.0. The second-order valence-electron chi connectivity index (χ2n) is 6.25. The Kier molecular flexibility index (Phi) is 5.93. The Morgan fingerprint density at radius 3 is 2.52 bits per heavy atom. The Labute approximate surface area is 171 Å². The third-order valence-corrected chi connectivity index (χ3v) is 4.86. The number of benzene rings is 2. The van der Waals surface area contributed by atoms with E-state index in [1.807, 2.05) is 0 Å². The predicted molar refractivity (Wildman–Crippen MR) is 111 cm³/mol. The van der Waals surface area contributed by atoms with Crippen LogP contribution >= 0.6 is 11.6 Å². The van der Waals surface area contributed by atoms with Gasteiger partial charge in [0.1, 0.15) is 17.5 Å². The van der Waals surface area contributed by atoms with Crippen LogP contribution < -0.4 is 26.0 Å². The Morgan fingerprint density at radius 1 is 1.17 bits per heavy atom. The number of aromatic nitrogens is 2. The number of anilines is 1. The first-order valence-electron chi connectivity index (χ1n) is 8.87. The van der Waals surface area contributed by atoms with Crippen molar-refractivity contribution >= 4 is 34.1 Å². The molecule has 1 amide bonds. The van der Waals surface area contributed by atoms with Crippen LogP contribution in [0.1, 0.15) is 19.4 Å². The van der Waals surface area contributed by atoms with Gasteiger partial charge in [-0.15, -0.1) is 0 Å². The third kappa shape index (κ3) is 3.84. The number of nitrogens with zero attached hydrogens (tertiary/aromatic N) is 1. The second-order valence-corrected chi connectivity index (χ2v) is 6.66. The molecule has 2 N–H and O–H groups in total. The maximum Gasteiger partial charge on any atom is 0.329 e. The van der Waals surface area contributed by atoms with E-state index in [1.54, 1.807) is 31.2 Å². The molecular formula is C20H20ClN3O5. The van der Waals surface area contributed by atoms with Gasteiger partial charge in [0.15, 0.2) is 0 Å². The molecule has 0 fully saturated rings. The predicted octanol–water partition coefficient (Wildman–Crippen LogP) is 2.95. The van der Waals surface area contributed by atoms with E-state index < -0.39 is 23.2 Å². The zero-order valence-corrected chi connectivity index (χ0v) is 16.9. The summed E-state index contributed by atoms with van der Waals surface area (Å²) in [5, 5.41) is 3.29.